The van der Waals surface area contributed by atoms with E-state index in [-0.39, 0.29) is 10.9 Å². The first-order valence-electron chi connectivity index (χ1n) is 8.46. The first-order valence-corrected chi connectivity index (χ1v) is 8.46. The molecule has 3 nitrogen and oxygen atoms in total. The van der Waals surface area contributed by atoms with Crippen LogP contribution in [0.2, 0.25) is 0 Å². The molecule has 2 aromatic rings. The predicted octanol–water partition coefficient (Wildman–Crippen LogP) is 3.36. The number of aryl methyl sites for hydroxylation is 3. The van der Waals surface area contributed by atoms with Crippen LogP contribution >= 0.6 is 0 Å². The SMILES string of the molecule is Cc1cc(C)c(-c2c(N3C[C@@H](C)C[C@H](C)C3)c(=O)c2=O)cc1C. The van der Waals surface area contributed by atoms with Crippen LogP contribution in [0.25, 0.3) is 11.1 Å². The van der Waals surface area contributed by atoms with Crippen LogP contribution in [0.3, 0.4) is 0 Å². The lowest BCUT2D eigenvalue weighted by molar-refractivity contribution is 0.356. The molecule has 2 aromatic carbocycles. The molecule has 0 radical (unpaired) electrons. The van der Waals surface area contributed by atoms with Gasteiger partial charge >= 0.3 is 0 Å². The van der Waals surface area contributed by atoms with Crippen LogP contribution in [-0.2, 0) is 0 Å². The predicted molar refractivity (Wildman–Crippen MR) is 96.2 cm³/mol. The van der Waals surface area contributed by atoms with Crippen molar-refractivity contribution in [2.24, 2.45) is 11.8 Å². The molecule has 0 aliphatic carbocycles. The highest BCUT2D eigenvalue weighted by Crippen LogP contribution is 2.34. The molecule has 0 unspecified atom stereocenters. The van der Waals surface area contributed by atoms with Crippen LogP contribution in [0.5, 0.6) is 0 Å². The van der Waals surface area contributed by atoms with E-state index in [1.165, 1.54) is 12.0 Å². The van der Waals surface area contributed by atoms with Crippen molar-refractivity contribution in [1.29, 1.82) is 0 Å². The van der Waals surface area contributed by atoms with Crippen molar-refractivity contribution >= 4 is 5.69 Å². The minimum atomic E-state index is -0.322. The van der Waals surface area contributed by atoms with Crippen molar-refractivity contribution in [2.45, 2.75) is 41.0 Å². The van der Waals surface area contributed by atoms with E-state index in [4.69, 9.17) is 0 Å². The summed E-state index contributed by atoms with van der Waals surface area (Å²) in [5, 5.41) is 0. The summed E-state index contributed by atoms with van der Waals surface area (Å²) in [5.41, 5.74) is 5.03. The van der Waals surface area contributed by atoms with E-state index >= 15 is 0 Å². The van der Waals surface area contributed by atoms with Gasteiger partial charge in [0.25, 0.3) is 0 Å². The van der Waals surface area contributed by atoms with Gasteiger partial charge in [-0.15, -0.1) is 0 Å². The number of rotatable bonds is 2. The van der Waals surface area contributed by atoms with Crippen LogP contribution in [0.4, 0.5) is 5.69 Å². The molecule has 122 valence electrons. The van der Waals surface area contributed by atoms with E-state index in [9.17, 15) is 9.59 Å². The molecule has 1 aliphatic rings. The third kappa shape index (κ3) is 2.62. The van der Waals surface area contributed by atoms with Gasteiger partial charge in [0.05, 0.1) is 5.56 Å². The van der Waals surface area contributed by atoms with E-state index in [1.54, 1.807) is 0 Å². The van der Waals surface area contributed by atoms with Crippen LogP contribution in [0, 0.1) is 32.6 Å². The summed E-state index contributed by atoms with van der Waals surface area (Å²) in [6.07, 6.45) is 1.18. The molecule has 0 bridgehead atoms. The summed E-state index contributed by atoms with van der Waals surface area (Å²) in [6.45, 7) is 12.3. The Morgan fingerprint density at radius 3 is 2.04 bits per heavy atom. The molecule has 0 amide bonds. The fraction of sp³-hybridized carbons (Fsp3) is 0.500. The first-order chi connectivity index (χ1) is 10.8. The maximum Gasteiger partial charge on any atom is 0.250 e. The van der Waals surface area contributed by atoms with E-state index in [0.29, 0.717) is 23.1 Å². The Bertz CT molecular complexity index is 817. The number of nitrogens with zero attached hydrogens (tertiary/aromatic N) is 1. The van der Waals surface area contributed by atoms with E-state index < -0.39 is 0 Å². The molecule has 0 aromatic heterocycles. The minimum Gasteiger partial charge on any atom is -0.367 e. The second kappa shape index (κ2) is 5.63. The van der Waals surface area contributed by atoms with Gasteiger partial charge in [-0.2, -0.15) is 0 Å². The number of benzene rings is 1. The second-order valence-electron chi connectivity index (χ2n) is 7.48. The zero-order valence-corrected chi connectivity index (χ0v) is 14.7. The normalized spacial score (nSPS) is 21.9. The number of anilines is 1. The molecular formula is C20H25NO2. The van der Waals surface area contributed by atoms with Gasteiger partial charge in [-0.05, 0) is 61.3 Å². The van der Waals surface area contributed by atoms with Gasteiger partial charge < -0.3 is 4.90 Å². The zero-order valence-electron chi connectivity index (χ0n) is 14.7. The molecule has 1 fully saturated rings. The molecule has 0 spiro atoms. The van der Waals surface area contributed by atoms with Crippen LogP contribution in [-0.4, -0.2) is 13.1 Å². The molecule has 0 saturated carbocycles. The smallest absolute Gasteiger partial charge is 0.250 e. The maximum atomic E-state index is 12.3. The fourth-order valence-electron chi connectivity index (χ4n) is 4.01. The van der Waals surface area contributed by atoms with E-state index in [2.05, 4.69) is 44.7 Å². The van der Waals surface area contributed by atoms with E-state index in [1.807, 2.05) is 6.92 Å². The van der Waals surface area contributed by atoms with Crippen molar-refractivity contribution in [1.82, 2.24) is 0 Å². The summed E-state index contributed by atoms with van der Waals surface area (Å²) < 4.78 is 0. The Hall–Kier alpha value is -1.90. The van der Waals surface area contributed by atoms with E-state index in [0.717, 1.165) is 29.8 Å². The Labute approximate surface area is 137 Å². The van der Waals surface area contributed by atoms with Gasteiger partial charge in [0.1, 0.15) is 5.69 Å². The maximum absolute atomic E-state index is 12.3. The standard InChI is InChI=1S/C20H25NO2/c1-11-6-12(2)10-21(9-11)18-17(19(22)20(18)23)16-8-14(4)13(3)7-15(16)5/h7-8,11-12H,6,9-10H2,1-5H3/t11-,12-/m0/s1. The largest absolute Gasteiger partial charge is 0.367 e. The number of hydrogen-bond acceptors (Lipinski definition) is 3. The summed E-state index contributed by atoms with van der Waals surface area (Å²) >= 11 is 0. The van der Waals surface area contributed by atoms with Gasteiger partial charge in [0.2, 0.25) is 10.9 Å². The molecule has 1 heterocycles. The summed E-state index contributed by atoms with van der Waals surface area (Å²) in [4.78, 5) is 26.7. The Kier molecular flexibility index (Phi) is 3.91. The van der Waals surface area contributed by atoms with Crippen LogP contribution < -0.4 is 15.8 Å². The monoisotopic (exact) mass is 311 g/mol. The van der Waals surface area contributed by atoms with Crippen LogP contribution in [0.15, 0.2) is 21.7 Å². The molecular weight excluding hydrogens is 286 g/mol. The average Bonchev–Trinajstić information content (AvgIpc) is 2.47. The second-order valence-corrected chi connectivity index (χ2v) is 7.48. The highest BCUT2D eigenvalue weighted by Gasteiger charge is 2.31. The number of piperidine rings is 1. The summed E-state index contributed by atoms with van der Waals surface area (Å²) in [5.74, 6) is 1.11. The van der Waals surface area contributed by atoms with Gasteiger partial charge in [-0.1, -0.05) is 26.0 Å². The number of hydrogen-bond donors (Lipinski definition) is 0. The van der Waals surface area contributed by atoms with Crippen molar-refractivity contribution < 1.29 is 0 Å². The lowest BCUT2D eigenvalue weighted by Crippen LogP contribution is -2.47. The molecule has 1 aliphatic heterocycles. The van der Waals surface area contributed by atoms with Crippen molar-refractivity contribution in [3.8, 4) is 11.1 Å². The zero-order chi connectivity index (χ0) is 16.9. The van der Waals surface area contributed by atoms with Crippen molar-refractivity contribution in [3.05, 3.63) is 49.3 Å². The summed E-state index contributed by atoms with van der Waals surface area (Å²) in [7, 11) is 0. The molecule has 23 heavy (non-hydrogen) atoms. The Morgan fingerprint density at radius 2 is 1.43 bits per heavy atom. The minimum absolute atomic E-state index is 0.307. The Balaban J connectivity index is 2.10. The first kappa shape index (κ1) is 16.0. The topological polar surface area (TPSA) is 37.4 Å². The van der Waals surface area contributed by atoms with Crippen LogP contribution in [0.1, 0.15) is 37.0 Å². The Morgan fingerprint density at radius 1 is 0.870 bits per heavy atom. The summed E-state index contributed by atoms with van der Waals surface area (Å²) in [6, 6.07) is 4.16. The molecule has 3 heteroatoms. The van der Waals surface area contributed by atoms with Gasteiger partial charge in [-0.25, -0.2) is 0 Å². The van der Waals surface area contributed by atoms with Gasteiger partial charge in [-0.3, -0.25) is 9.59 Å². The highest BCUT2D eigenvalue weighted by molar-refractivity contribution is 5.85. The van der Waals surface area contributed by atoms with Gasteiger partial charge in [0, 0.05) is 13.1 Å². The molecule has 0 N–H and O–H groups in total. The lowest BCUT2D eigenvalue weighted by Gasteiger charge is -2.37. The third-order valence-electron chi connectivity index (χ3n) is 5.18. The fourth-order valence-corrected chi connectivity index (χ4v) is 4.01. The quantitative estimate of drug-likeness (QED) is 0.798. The molecule has 3 rings (SSSR count). The van der Waals surface area contributed by atoms with Crippen molar-refractivity contribution in [3.63, 3.8) is 0 Å². The molecule has 2 atom stereocenters. The van der Waals surface area contributed by atoms with Crippen molar-refractivity contribution in [2.75, 3.05) is 18.0 Å². The third-order valence-corrected chi connectivity index (χ3v) is 5.18. The molecule has 1 saturated heterocycles. The van der Waals surface area contributed by atoms with Gasteiger partial charge in [0.15, 0.2) is 0 Å². The highest BCUT2D eigenvalue weighted by atomic mass is 16.2. The average molecular weight is 311 g/mol. The lowest BCUT2D eigenvalue weighted by atomic mass is 9.87.